The van der Waals surface area contributed by atoms with E-state index < -0.39 is 0 Å². The minimum absolute atomic E-state index is 0.138. The van der Waals surface area contributed by atoms with E-state index >= 15 is 0 Å². The monoisotopic (exact) mass is 344 g/mol. The average molecular weight is 344 g/mol. The smallest absolute Gasteiger partial charge is 0.266 e. The Morgan fingerprint density at radius 1 is 1.47 bits per heavy atom. The Bertz CT molecular complexity index is 614. The molecule has 1 N–H and O–H groups in total. The summed E-state index contributed by atoms with van der Waals surface area (Å²) >= 11 is 1.99. The van der Waals surface area contributed by atoms with E-state index in [9.17, 15) is 4.79 Å². The second kappa shape index (κ2) is 4.59. The topological polar surface area (TPSA) is 63.6 Å². The zero-order chi connectivity index (χ0) is 12.6. The highest BCUT2D eigenvalue weighted by atomic mass is 127. The van der Waals surface area contributed by atoms with Crippen LogP contribution in [0.3, 0.4) is 0 Å². The number of hydrogen-bond donors (Lipinski definition) is 1. The molecule has 0 aliphatic heterocycles. The minimum Gasteiger partial charge on any atom is -0.312 e. The molecule has 0 aliphatic carbocycles. The third kappa shape index (κ3) is 2.01. The maximum absolute atomic E-state index is 11.5. The average Bonchev–Trinajstić information content (AvgIpc) is 2.58. The normalized spacial score (nSPS) is 10.8. The van der Waals surface area contributed by atoms with Gasteiger partial charge in [-0.05, 0) is 48.4 Å². The lowest BCUT2D eigenvalue weighted by atomic mass is 10.1. The summed E-state index contributed by atoms with van der Waals surface area (Å²) in [4.78, 5) is 18.3. The van der Waals surface area contributed by atoms with Crippen molar-refractivity contribution in [3.05, 3.63) is 37.2 Å². The van der Waals surface area contributed by atoms with Crippen LogP contribution in [0.4, 0.5) is 0 Å². The van der Waals surface area contributed by atoms with Gasteiger partial charge in [-0.15, -0.1) is 0 Å². The number of rotatable bonds is 2. The van der Waals surface area contributed by atoms with Crippen molar-refractivity contribution < 1.29 is 0 Å². The van der Waals surface area contributed by atoms with E-state index in [4.69, 9.17) is 0 Å². The summed E-state index contributed by atoms with van der Waals surface area (Å²) in [5.41, 5.74) is 3.10. The number of aromatic amines is 1. The second-order valence-electron chi connectivity index (χ2n) is 3.78. The van der Waals surface area contributed by atoms with Gasteiger partial charge < -0.3 is 4.98 Å². The number of aromatic nitrogens is 4. The van der Waals surface area contributed by atoms with Crippen molar-refractivity contribution in [3.63, 3.8) is 0 Å². The molecule has 0 radical (unpaired) electrons. The van der Waals surface area contributed by atoms with Crippen molar-refractivity contribution in [3.8, 4) is 5.82 Å². The second-order valence-corrected chi connectivity index (χ2v) is 4.86. The van der Waals surface area contributed by atoms with Crippen LogP contribution in [0.5, 0.6) is 0 Å². The van der Waals surface area contributed by atoms with Crippen LogP contribution in [0.15, 0.2) is 11.1 Å². The lowest BCUT2D eigenvalue weighted by Crippen LogP contribution is -2.16. The summed E-state index contributed by atoms with van der Waals surface area (Å²) in [7, 11) is 0. The first-order valence-electron chi connectivity index (χ1n) is 5.35. The maximum Gasteiger partial charge on any atom is 0.266 e. The predicted molar refractivity (Wildman–Crippen MR) is 73.5 cm³/mol. The molecule has 0 aliphatic rings. The number of nitrogens with one attached hydrogen (secondary N) is 1. The third-order valence-corrected chi connectivity index (χ3v) is 3.75. The lowest BCUT2D eigenvalue weighted by molar-refractivity contribution is 0.790. The summed E-state index contributed by atoms with van der Waals surface area (Å²) in [6, 6.07) is 0. The zero-order valence-electron chi connectivity index (χ0n) is 9.91. The fourth-order valence-electron chi connectivity index (χ4n) is 1.91. The number of halogens is 1. The first kappa shape index (κ1) is 12.3. The Labute approximate surface area is 112 Å². The van der Waals surface area contributed by atoms with Crippen molar-refractivity contribution in [1.29, 1.82) is 0 Å². The number of nitrogens with zero attached hydrogens (tertiary/aromatic N) is 3. The van der Waals surface area contributed by atoms with Gasteiger partial charge in [-0.3, -0.25) is 4.79 Å². The molecular weight excluding hydrogens is 331 g/mol. The quantitative estimate of drug-likeness (QED) is 0.844. The first-order valence-corrected chi connectivity index (χ1v) is 6.42. The highest BCUT2D eigenvalue weighted by Crippen LogP contribution is 2.18. The van der Waals surface area contributed by atoms with E-state index in [1.165, 1.54) is 11.9 Å². The van der Waals surface area contributed by atoms with Gasteiger partial charge in [-0.2, -0.15) is 5.10 Å². The molecule has 0 saturated heterocycles. The highest BCUT2D eigenvalue weighted by molar-refractivity contribution is 14.1. The van der Waals surface area contributed by atoms with Crippen LogP contribution >= 0.6 is 22.6 Å². The Balaban J connectivity index is 2.69. The van der Waals surface area contributed by atoms with E-state index in [0.29, 0.717) is 9.39 Å². The van der Waals surface area contributed by atoms with Crippen LogP contribution in [0.25, 0.3) is 5.82 Å². The summed E-state index contributed by atoms with van der Waals surface area (Å²) in [6.45, 7) is 6.07. The van der Waals surface area contributed by atoms with Gasteiger partial charge in [0.25, 0.3) is 5.56 Å². The van der Waals surface area contributed by atoms with Crippen molar-refractivity contribution in [2.75, 3.05) is 0 Å². The Morgan fingerprint density at radius 3 is 2.76 bits per heavy atom. The van der Waals surface area contributed by atoms with Gasteiger partial charge in [0, 0.05) is 5.69 Å². The van der Waals surface area contributed by atoms with Crippen molar-refractivity contribution >= 4 is 22.6 Å². The van der Waals surface area contributed by atoms with Gasteiger partial charge in [-0.25, -0.2) is 9.67 Å². The molecule has 0 bridgehead atoms. The van der Waals surface area contributed by atoms with Crippen LogP contribution in [-0.4, -0.2) is 19.7 Å². The van der Waals surface area contributed by atoms with E-state index in [2.05, 4.69) is 22.0 Å². The molecule has 0 amide bonds. The predicted octanol–water partition coefficient (Wildman–Crippen LogP) is 1.74. The maximum atomic E-state index is 11.5. The standard InChI is InChI=1S/C11H13IN4O/c1-4-8-6(2)15-16(7(8)3)10-9(12)11(17)14-5-13-10/h5H,4H2,1-3H3,(H,13,14,17). The summed E-state index contributed by atoms with van der Waals surface area (Å²) in [5.74, 6) is 0.592. The van der Waals surface area contributed by atoms with Crippen LogP contribution < -0.4 is 5.56 Å². The van der Waals surface area contributed by atoms with E-state index in [1.807, 2.05) is 36.4 Å². The molecule has 2 aromatic heterocycles. The summed E-state index contributed by atoms with van der Waals surface area (Å²) in [5, 5.41) is 4.45. The fourth-order valence-corrected chi connectivity index (χ4v) is 2.44. The van der Waals surface area contributed by atoms with Crippen LogP contribution in [0, 0.1) is 17.4 Å². The van der Waals surface area contributed by atoms with E-state index in [1.54, 1.807) is 4.68 Å². The summed E-state index contributed by atoms with van der Waals surface area (Å²) < 4.78 is 2.30. The van der Waals surface area contributed by atoms with Gasteiger partial charge in [0.2, 0.25) is 0 Å². The molecule has 5 nitrogen and oxygen atoms in total. The third-order valence-electron chi connectivity index (χ3n) is 2.77. The molecule has 0 unspecified atom stereocenters. The minimum atomic E-state index is -0.138. The number of H-pyrrole nitrogens is 1. The highest BCUT2D eigenvalue weighted by Gasteiger charge is 2.15. The molecular formula is C11H13IN4O. The molecule has 0 aromatic carbocycles. The Kier molecular flexibility index (Phi) is 3.32. The fraction of sp³-hybridized carbons (Fsp3) is 0.364. The SMILES string of the molecule is CCc1c(C)nn(-c2nc[nH]c(=O)c2I)c1C. The molecule has 90 valence electrons. The van der Waals surface area contributed by atoms with E-state index in [0.717, 1.165) is 17.8 Å². The first-order chi connectivity index (χ1) is 8.06. The molecule has 0 fully saturated rings. The van der Waals surface area contributed by atoms with Gasteiger partial charge in [0.1, 0.15) is 3.57 Å². The van der Waals surface area contributed by atoms with Crippen LogP contribution in [-0.2, 0) is 6.42 Å². The van der Waals surface area contributed by atoms with Gasteiger partial charge in [-0.1, -0.05) is 6.92 Å². The van der Waals surface area contributed by atoms with Crippen LogP contribution in [0.1, 0.15) is 23.9 Å². The van der Waals surface area contributed by atoms with Crippen LogP contribution in [0.2, 0.25) is 0 Å². The van der Waals surface area contributed by atoms with Crippen molar-refractivity contribution in [1.82, 2.24) is 19.7 Å². The van der Waals surface area contributed by atoms with Gasteiger partial charge >= 0.3 is 0 Å². The molecule has 2 heterocycles. The molecule has 2 aromatic rings. The number of aryl methyl sites for hydroxylation is 1. The van der Waals surface area contributed by atoms with Crippen molar-refractivity contribution in [2.24, 2.45) is 0 Å². The molecule has 2 rings (SSSR count). The molecule has 0 atom stereocenters. The Hall–Kier alpha value is -1.18. The number of hydrogen-bond acceptors (Lipinski definition) is 3. The largest absolute Gasteiger partial charge is 0.312 e. The Morgan fingerprint density at radius 2 is 2.18 bits per heavy atom. The van der Waals surface area contributed by atoms with E-state index in [-0.39, 0.29) is 5.56 Å². The summed E-state index contributed by atoms with van der Waals surface area (Å²) in [6.07, 6.45) is 2.33. The van der Waals surface area contributed by atoms with Crippen molar-refractivity contribution in [2.45, 2.75) is 27.2 Å². The molecule has 0 spiro atoms. The molecule has 17 heavy (non-hydrogen) atoms. The molecule has 0 saturated carbocycles. The van der Waals surface area contributed by atoms with Gasteiger partial charge in [0.15, 0.2) is 5.82 Å². The molecule has 6 heteroatoms. The lowest BCUT2D eigenvalue weighted by Gasteiger charge is -2.04. The zero-order valence-corrected chi connectivity index (χ0v) is 12.1. The van der Waals surface area contributed by atoms with Gasteiger partial charge in [0.05, 0.1) is 12.0 Å².